The number of carbonyl (C=O) groups is 1. The van der Waals surface area contributed by atoms with Gasteiger partial charge in [0, 0.05) is 67.5 Å². The Labute approximate surface area is 232 Å². The molecule has 0 radical (unpaired) electrons. The first-order valence-electron chi connectivity index (χ1n) is 13.0. The fourth-order valence-corrected chi connectivity index (χ4v) is 5.02. The maximum absolute atomic E-state index is 13.8. The molecule has 1 saturated heterocycles. The molecular formula is C27H26F4N8O2. The number of unbranched alkanes of at least 4 members (excludes halogenated alkanes) is 1. The zero-order valence-electron chi connectivity index (χ0n) is 21.8. The van der Waals surface area contributed by atoms with Crippen LogP contribution in [0, 0.1) is 17.1 Å². The number of carbonyl (C=O) groups excluding carboxylic acids is 1. The van der Waals surface area contributed by atoms with Crippen LogP contribution in [0.1, 0.15) is 29.6 Å². The van der Waals surface area contributed by atoms with Crippen LogP contribution >= 0.6 is 0 Å². The Morgan fingerprint density at radius 2 is 1.98 bits per heavy atom. The lowest BCUT2D eigenvalue weighted by Crippen LogP contribution is -2.53. The van der Waals surface area contributed by atoms with Gasteiger partial charge in [-0.3, -0.25) is 14.4 Å². The summed E-state index contributed by atoms with van der Waals surface area (Å²) in [4.78, 5) is 28.5. The van der Waals surface area contributed by atoms with Crippen LogP contribution in [0.2, 0.25) is 0 Å². The Kier molecular flexibility index (Phi) is 8.16. The molecular weight excluding hydrogens is 544 g/mol. The third kappa shape index (κ3) is 6.63. The molecule has 14 heteroatoms. The second-order valence-electron chi connectivity index (χ2n) is 9.64. The molecule has 0 bridgehead atoms. The number of hydrogen-bond acceptors (Lipinski definition) is 7. The minimum absolute atomic E-state index is 0.0311. The van der Waals surface area contributed by atoms with Crippen LogP contribution in [-0.2, 0) is 6.54 Å². The number of ether oxygens (including phenoxy) is 1. The topological polar surface area (TPSA) is 116 Å². The number of hydrogen-bond donors (Lipinski definition) is 1. The maximum Gasteiger partial charge on any atom is 0.573 e. The van der Waals surface area contributed by atoms with Gasteiger partial charge in [0.1, 0.15) is 12.0 Å². The highest BCUT2D eigenvalue weighted by Gasteiger charge is 2.33. The number of halogens is 4. The maximum atomic E-state index is 13.8. The Morgan fingerprint density at radius 1 is 1.17 bits per heavy atom. The molecule has 4 aromatic rings. The van der Waals surface area contributed by atoms with Crippen molar-refractivity contribution in [1.82, 2.24) is 34.5 Å². The molecule has 0 unspecified atom stereocenters. The smallest absolute Gasteiger partial charge is 0.403 e. The van der Waals surface area contributed by atoms with E-state index in [1.165, 1.54) is 11.2 Å². The number of fused-ring (bicyclic) bond motifs is 1. The molecule has 1 aliphatic rings. The first kappa shape index (κ1) is 28.0. The van der Waals surface area contributed by atoms with E-state index >= 15 is 0 Å². The average molecular weight is 571 g/mol. The molecule has 4 heterocycles. The number of nitrogens with one attached hydrogen (secondary N) is 1. The van der Waals surface area contributed by atoms with Gasteiger partial charge in [-0.05, 0) is 37.1 Å². The van der Waals surface area contributed by atoms with Crippen molar-refractivity contribution in [2.24, 2.45) is 0 Å². The minimum atomic E-state index is -5.08. The van der Waals surface area contributed by atoms with Crippen LogP contribution in [0.5, 0.6) is 5.75 Å². The Balaban J connectivity index is 1.25. The lowest BCUT2D eigenvalue weighted by atomic mass is 10.1. The second-order valence-corrected chi connectivity index (χ2v) is 9.64. The molecule has 1 amide bonds. The SMILES string of the molecule is N#CCCC[C@H](Cn1cc(-c2ncnc3[nH]ccc23)cn1)N1CCN(C(=O)c2ccc(F)c(OC(F)(F)F)c2)CC1. The van der Waals surface area contributed by atoms with Crippen molar-refractivity contribution < 1.29 is 27.1 Å². The summed E-state index contributed by atoms with van der Waals surface area (Å²) in [6, 6.07) is 6.82. The lowest BCUT2D eigenvalue weighted by molar-refractivity contribution is -0.275. The summed E-state index contributed by atoms with van der Waals surface area (Å²) in [5, 5.41) is 14.5. The zero-order chi connectivity index (χ0) is 29.0. The van der Waals surface area contributed by atoms with E-state index in [1.54, 1.807) is 12.4 Å². The molecule has 0 saturated carbocycles. The van der Waals surface area contributed by atoms with E-state index < -0.39 is 23.8 Å². The van der Waals surface area contributed by atoms with Crippen LogP contribution in [0.25, 0.3) is 22.3 Å². The number of benzene rings is 1. The first-order valence-corrected chi connectivity index (χ1v) is 13.0. The van der Waals surface area contributed by atoms with Crippen LogP contribution in [0.4, 0.5) is 17.6 Å². The van der Waals surface area contributed by atoms with Gasteiger partial charge < -0.3 is 14.6 Å². The van der Waals surface area contributed by atoms with Gasteiger partial charge in [-0.15, -0.1) is 13.2 Å². The fourth-order valence-electron chi connectivity index (χ4n) is 5.02. The Hall–Kier alpha value is -4.51. The van der Waals surface area contributed by atoms with Crippen molar-refractivity contribution in [2.45, 2.75) is 38.2 Å². The van der Waals surface area contributed by atoms with Gasteiger partial charge in [-0.1, -0.05) is 0 Å². The fraction of sp³-hybridized carbons (Fsp3) is 0.370. The van der Waals surface area contributed by atoms with E-state index in [2.05, 4.69) is 35.8 Å². The summed E-state index contributed by atoms with van der Waals surface area (Å²) in [5.74, 6) is -2.75. The van der Waals surface area contributed by atoms with Crippen LogP contribution in [0.3, 0.4) is 0 Å². The van der Waals surface area contributed by atoms with Crippen LogP contribution < -0.4 is 4.74 Å². The van der Waals surface area contributed by atoms with Gasteiger partial charge >= 0.3 is 6.36 Å². The van der Waals surface area contributed by atoms with E-state index in [1.807, 2.05) is 16.9 Å². The average Bonchev–Trinajstić information content (AvgIpc) is 3.63. The normalized spacial score (nSPS) is 15.1. The third-order valence-corrected chi connectivity index (χ3v) is 7.01. The number of alkyl halides is 3. The number of H-pyrrole nitrogens is 1. The largest absolute Gasteiger partial charge is 0.573 e. The van der Waals surface area contributed by atoms with Gasteiger partial charge in [0.15, 0.2) is 11.6 Å². The standard InChI is InChI=1S/C27H26F4N8O2/c28-22-5-4-18(13-23(22)41-27(29,30)31)26(40)38-11-9-37(10-12-38)20(3-1-2-7-32)16-39-15-19(14-36-39)24-21-6-8-33-25(21)35-17-34-24/h4-6,8,13-15,17,20H,1-3,9-12,16H2,(H,33,34,35)/t20-/m1/s1. The summed E-state index contributed by atoms with van der Waals surface area (Å²) in [6.07, 6.45) is 3.73. The van der Waals surface area contributed by atoms with Crippen LogP contribution in [0.15, 0.2) is 49.2 Å². The van der Waals surface area contributed by atoms with Crippen molar-refractivity contribution in [3.8, 4) is 23.1 Å². The highest BCUT2D eigenvalue weighted by atomic mass is 19.4. The van der Waals surface area contributed by atoms with E-state index in [4.69, 9.17) is 5.26 Å². The first-order chi connectivity index (χ1) is 19.7. The van der Waals surface area contributed by atoms with Crippen molar-refractivity contribution in [2.75, 3.05) is 26.2 Å². The molecule has 41 heavy (non-hydrogen) atoms. The second kappa shape index (κ2) is 11.9. The predicted octanol–water partition coefficient (Wildman–Crippen LogP) is 4.38. The van der Waals surface area contributed by atoms with Crippen molar-refractivity contribution in [1.29, 1.82) is 5.26 Å². The van der Waals surface area contributed by atoms with Gasteiger partial charge in [0.2, 0.25) is 0 Å². The van der Waals surface area contributed by atoms with Gasteiger partial charge in [-0.2, -0.15) is 10.4 Å². The monoisotopic (exact) mass is 570 g/mol. The van der Waals surface area contributed by atoms with Gasteiger partial charge in [0.05, 0.1) is 24.5 Å². The Bertz CT molecular complexity index is 1550. The van der Waals surface area contributed by atoms with E-state index in [0.29, 0.717) is 45.6 Å². The molecule has 0 spiro atoms. The summed E-state index contributed by atoms with van der Waals surface area (Å²) in [5.41, 5.74) is 2.25. The number of amides is 1. The Morgan fingerprint density at radius 3 is 2.73 bits per heavy atom. The summed E-state index contributed by atoms with van der Waals surface area (Å²) in [6.45, 7) is 2.24. The quantitative estimate of drug-likeness (QED) is 0.235. The van der Waals surface area contributed by atoms with E-state index in [9.17, 15) is 22.4 Å². The number of aromatic nitrogens is 5. The molecule has 0 aliphatic carbocycles. The highest BCUT2D eigenvalue weighted by Crippen LogP contribution is 2.28. The summed E-state index contributed by atoms with van der Waals surface area (Å²) < 4.78 is 57.2. The number of nitrogens with zero attached hydrogens (tertiary/aromatic N) is 7. The molecule has 1 N–H and O–H groups in total. The zero-order valence-corrected chi connectivity index (χ0v) is 21.8. The highest BCUT2D eigenvalue weighted by molar-refractivity contribution is 5.94. The summed E-state index contributed by atoms with van der Waals surface area (Å²) >= 11 is 0. The molecule has 1 aliphatic heterocycles. The van der Waals surface area contributed by atoms with Gasteiger partial charge in [0.25, 0.3) is 5.91 Å². The van der Waals surface area contributed by atoms with Crippen molar-refractivity contribution in [3.63, 3.8) is 0 Å². The molecule has 214 valence electrons. The predicted molar refractivity (Wildman–Crippen MR) is 139 cm³/mol. The van der Waals surface area contributed by atoms with E-state index in [0.717, 1.165) is 46.9 Å². The molecule has 5 rings (SSSR count). The molecule has 3 aromatic heterocycles. The summed E-state index contributed by atoms with van der Waals surface area (Å²) in [7, 11) is 0. The van der Waals surface area contributed by atoms with E-state index in [-0.39, 0.29) is 11.6 Å². The minimum Gasteiger partial charge on any atom is -0.403 e. The van der Waals surface area contributed by atoms with Gasteiger partial charge in [-0.25, -0.2) is 14.4 Å². The number of nitriles is 1. The van der Waals surface area contributed by atoms with Crippen LogP contribution in [-0.4, -0.2) is 79.0 Å². The molecule has 1 atom stereocenters. The number of aromatic amines is 1. The molecule has 10 nitrogen and oxygen atoms in total. The van der Waals surface area contributed by atoms with Crippen molar-refractivity contribution >= 4 is 16.9 Å². The third-order valence-electron chi connectivity index (χ3n) is 7.01. The number of piperazine rings is 1. The van der Waals surface area contributed by atoms with Crippen molar-refractivity contribution in [3.05, 3.63) is 60.6 Å². The number of rotatable bonds is 9. The lowest BCUT2D eigenvalue weighted by Gasteiger charge is -2.39. The molecule has 1 aromatic carbocycles. The molecule has 1 fully saturated rings.